The van der Waals surface area contributed by atoms with Gasteiger partial charge in [-0.25, -0.2) is 9.97 Å². The van der Waals surface area contributed by atoms with Crippen molar-refractivity contribution in [3.63, 3.8) is 0 Å². The molecule has 124 valence electrons. The van der Waals surface area contributed by atoms with Crippen LogP contribution in [0.3, 0.4) is 0 Å². The number of imidazole rings is 1. The van der Waals surface area contributed by atoms with Crippen LogP contribution >= 0.6 is 24.8 Å². The van der Waals surface area contributed by atoms with E-state index in [0.717, 1.165) is 22.2 Å². The maximum atomic E-state index is 7.22. The maximum absolute atomic E-state index is 7.22. The monoisotopic (exact) mass is 355 g/mol. The number of aromatic nitrogens is 3. The largest absolute Gasteiger partial charge is 0.382 e. The van der Waals surface area contributed by atoms with Crippen LogP contribution in [-0.2, 0) is 6.54 Å². The summed E-state index contributed by atoms with van der Waals surface area (Å²) in [7, 11) is 0. The molecule has 0 unspecified atom stereocenters. The molecule has 0 aliphatic rings. The molecule has 1 aromatic carbocycles. The Morgan fingerprint density at radius 3 is 2.65 bits per heavy atom. The molecule has 0 radical (unpaired) electrons. The number of rotatable bonds is 3. The SMILES string of the molecule is Cc1nc2c(N)nc3ccccc3c2n1CCNC(=N)N.Cl.Cl. The number of fused-ring (bicyclic) bond motifs is 3. The second kappa shape index (κ2) is 7.34. The van der Waals surface area contributed by atoms with Crippen LogP contribution in [0.1, 0.15) is 5.82 Å². The molecule has 23 heavy (non-hydrogen) atoms. The minimum absolute atomic E-state index is 0. The normalized spacial score (nSPS) is 10.1. The lowest BCUT2D eigenvalue weighted by molar-refractivity contribution is 0.669. The van der Waals surface area contributed by atoms with Gasteiger partial charge in [0.1, 0.15) is 11.3 Å². The molecule has 6 N–H and O–H groups in total. The van der Waals surface area contributed by atoms with E-state index in [0.29, 0.717) is 24.4 Å². The highest BCUT2D eigenvalue weighted by Crippen LogP contribution is 2.28. The summed E-state index contributed by atoms with van der Waals surface area (Å²) >= 11 is 0. The maximum Gasteiger partial charge on any atom is 0.185 e. The van der Waals surface area contributed by atoms with E-state index in [1.807, 2.05) is 31.2 Å². The van der Waals surface area contributed by atoms with Crippen LogP contribution in [0, 0.1) is 12.3 Å². The molecular weight excluding hydrogens is 337 g/mol. The number of nitrogens with zero attached hydrogens (tertiary/aromatic N) is 3. The van der Waals surface area contributed by atoms with E-state index >= 15 is 0 Å². The van der Waals surface area contributed by atoms with Crippen LogP contribution in [0.15, 0.2) is 24.3 Å². The zero-order chi connectivity index (χ0) is 15.0. The number of nitrogens with one attached hydrogen (secondary N) is 2. The number of guanidine groups is 1. The van der Waals surface area contributed by atoms with E-state index in [-0.39, 0.29) is 30.8 Å². The number of benzene rings is 1. The average molecular weight is 356 g/mol. The van der Waals surface area contributed by atoms with Gasteiger partial charge < -0.3 is 21.4 Å². The second-order valence-electron chi connectivity index (χ2n) is 4.86. The highest BCUT2D eigenvalue weighted by atomic mass is 35.5. The van der Waals surface area contributed by atoms with E-state index in [2.05, 4.69) is 19.9 Å². The average Bonchev–Trinajstić information content (AvgIpc) is 2.77. The van der Waals surface area contributed by atoms with Gasteiger partial charge in [-0.2, -0.15) is 0 Å². The molecule has 3 rings (SSSR count). The smallest absolute Gasteiger partial charge is 0.185 e. The molecule has 0 spiro atoms. The summed E-state index contributed by atoms with van der Waals surface area (Å²) in [5, 5.41) is 11.0. The van der Waals surface area contributed by atoms with Crippen LogP contribution < -0.4 is 16.8 Å². The number of anilines is 1. The number of hydrogen-bond acceptors (Lipinski definition) is 4. The number of hydrogen-bond donors (Lipinski definition) is 4. The molecule has 0 bridgehead atoms. The van der Waals surface area contributed by atoms with E-state index in [9.17, 15) is 0 Å². The Labute approximate surface area is 145 Å². The van der Waals surface area contributed by atoms with Crippen molar-refractivity contribution in [2.75, 3.05) is 12.3 Å². The van der Waals surface area contributed by atoms with Gasteiger partial charge in [-0.05, 0) is 13.0 Å². The molecule has 0 saturated carbocycles. The highest BCUT2D eigenvalue weighted by Gasteiger charge is 2.14. The Bertz CT molecular complexity index is 844. The third kappa shape index (κ3) is 3.40. The molecule has 0 fully saturated rings. The zero-order valence-corrected chi connectivity index (χ0v) is 14.2. The van der Waals surface area contributed by atoms with Crippen molar-refractivity contribution in [1.82, 2.24) is 19.9 Å². The van der Waals surface area contributed by atoms with Crippen LogP contribution in [0.5, 0.6) is 0 Å². The Hall–Kier alpha value is -2.25. The first kappa shape index (κ1) is 18.8. The van der Waals surface area contributed by atoms with Crippen molar-refractivity contribution in [3.05, 3.63) is 30.1 Å². The molecule has 2 aromatic heterocycles. The van der Waals surface area contributed by atoms with Crippen LogP contribution in [0.25, 0.3) is 21.9 Å². The van der Waals surface area contributed by atoms with Crippen molar-refractivity contribution in [2.45, 2.75) is 13.5 Å². The fourth-order valence-electron chi connectivity index (χ4n) is 2.55. The number of para-hydroxylation sites is 1. The zero-order valence-electron chi connectivity index (χ0n) is 12.5. The van der Waals surface area contributed by atoms with E-state index in [4.69, 9.17) is 16.9 Å². The number of nitrogens with two attached hydrogens (primary N) is 2. The number of aryl methyl sites for hydroxylation is 1. The standard InChI is InChI=1S/C14H17N7.2ClH/c1-8-19-11-12(21(8)7-6-18-14(16)17)9-4-2-3-5-10(9)20-13(11)15;;/h2-5H,6-7H2,1H3,(H2,15,20)(H4,16,17,18);2*1H. The fraction of sp³-hybridized carbons (Fsp3) is 0.214. The van der Waals surface area contributed by atoms with Gasteiger partial charge in [0.05, 0.1) is 11.0 Å². The highest BCUT2D eigenvalue weighted by molar-refractivity contribution is 6.06. The molecule has 0 aliphatic carbocycles. The van der Waals surface area contributed by atoms with Crippen LogP contribution in [0.2, 0.25) is 0 Å². The van der Waals surface area contributed by atoms with Crippen molar-refractivity contribution < 1.29 is 0 Å². The van der Waals surface area contributed by atoms with Gasteiger partial charge >= 0.3 is 0 Å². The number of halogens is 2. The molecular formula is C14H19Cl2N7. The number of nitrogen functional groups attached to an aromatic ring is 1. The third-order valence-electron chi connectivity index (χ3n) is 3.45. The number of pyridine rings is 1. The van der Waals surface area contributed by atoms with Gasteiger partial charge in [0.2, 0.25) is 0 Å². The molecule has 7 nitrogen and oxygen atoms in total. The molecule has 9 heteroatoms. The van der Waals surface area contributed by atoms with Gasteiger partial charge in [-0.15, -0.1) is 24.8 Å². The van der Waals surface area contributed by atoms with Gasteiger partial charge in [0.25, 0.3) is 0 Å². The fourth-order valence-corrected chi connectivity index (χ4v) is 2.55. The minimum atomic E-state index is -0.0388. The predicted molar refractivity (Wildman–Crippen MR) is 98.6 cm³/mol. The lowest BCUT2D eigenvalue weighted by Crippen LogP contribution is -2.32. The molecule has 3 aromatic rings. The molecule has 0 saturated heterocycles. The molecule has 2 heterocycles. The van der Waals surface area contributed by atoms with Crippen LogP contribution in [0.4, 0.5) is 5.82 Å². The Balaban J connectivity index is 0.00000132. The van der Waals surface area contributed by atoms with E-state index in [1.165, 1.54) is 0 Å². The van der Waals surface area contributed by atoms with Crippen molar-refractivity contribution in [2.24, 2.45) is 5.73 Å². The Morgan fingerprint density at radius 2 is 1.96 bits per heavy atom. The first-order chi connectivity index (χ1) is 10.1. The minimum Gasteiger partial charge on any atom is -0.382 e. The second-order valence-corrected chi connectivity index (χ2v) is 4.86. The van der Waals surface area contributed by atoms with E-state index in [1.54, 1.807) is 0 Å². The van der Waals surface area contributed by atoms with Gasteiger partial charge in [-0.3, -0.25) is 5.41 Å². The predicted octanol–water partition coefficient (Wildman–Crippen LogP) is 1.80. The third-order valence-corrected chi connectivity index (χ3v) is 3.45. The summed E-state index contributed by atoms with van der Waals surface area (Å²) in [5.74, 6) is 1.26. The summed E-state index contributed by atoms with van der Waals surface area (Å²) in [6.07, 6.45) is 0. The summed E-state index contributed by atoms with van der Waals surface area (Å²) in [6.45, 7) is 3.13. The van der Waals surface area contributed by atoms with Crippen molar-refractivity contribution >= 4 is 58.5 Å². The van der Waals surface area contributed by atoms with E-state index < -0.39 is 0 Å². The quantitative estimate of drug-likeness (QED) is 0.422. The topological polar surface area (TPSA) is 119 Å². The first-order valence-corrected chi connectivity index (χ1v) is 6.67. The molecule has 0 amide bonds. The first-order valence-electron chi connectivity index (χ1n) is 6.67. The molecule has 0 atom stereocenters. The lowest BCUT2D eigenvalue weighted by atomic mass is 10.2. The van der Waals surface area contributed by atoms with Crippen LogP contribution in [-0.4, -0.2) is 27.0 Å². The summed E-state index contributed by atoms with van der Waals surface area (Å²) < 4.78 is 2.08. The summed E-state index contributed by atoms with van der Waals surface area (Å²) in [6, 6.07) is 7.86. The Morgan fingerprint density at radius 1 is 1.26 bits per heavy atom. The summed E-state index contributed by atoms with van der Waals surface area (Å²) in [4.78, 5) is 8.92. The lowest BCUT2D eigenvalue weighted by Gasteiger charge is -2.10. The molecule has 0 aliphatic heterocycles. The summed E-state index contributed by atoms with van der Waals surface area (Å²) in [5.41, 5.74) is 13.9. The van der Waals surface area contributed by atoms with Crippen molar-refractivity contribution in [1.29, 1.82) is 5.41 Å². The van der Waals surface area contributed by atoms with Crippen molar-refractivity contribution in [3.8, 4) is 0 Å². The van der Waals surface area contributed by atoms with Gasteiger partial charge in [0.15, 0.2) is 11.8 Å². The van der Waals surface area contributed by atoms with Gasteiger partial charge in [-0.1, -0.05) is 18.2 Å². The van der Waals surface area contributed by atoms with Gasteiger partial charge in [0, 0.05) is 18.5 Å². The Kier molecular flexibility index (Phi) is 6.00.